The van der Waals surface area contributed by atoms with Gasteiger partial charge in [-0.15, -0.1) is 0 Å². The molecule has 2 aromatic rings. The molecule has 4 heterocycles. The number of carbonyl (C=O) groups is 3. The molecule has 0 bridgehead atoms. The molecule has 11 heteroatoms. The van der Waals surface area contributed by atoms with Crippen molar-refractivity contribution < 1.29 is 23.9 Å². The van der Waals surface area contributed by atoms with Gasteiger partial charge in [0, 0.05) is 49.9 Å². The number of carbonyl (C=O) groups excluding carboxylic acids is 3. The van der Waals surface area contributed by atoms with E-state index < -0.39 is 5.60 Å². The van der Waals surface area contributed by atoms with E-state index in [0.29, 0.717) is 68.4 Å². The van der Waals surface area contributed by atoms with Crippen molar-refractivity contribution >= 4 is 29.4 Å². The molecular formula is C27H34N6O5. The largest absolute Gasteiger partial charge is 0.488 e. The fraction of sp³-hybridized carbons (Fsp3) is 0.444. The van der Waals surface area contributed by atoms with Crippen LogP contribution in [0.15, 0.2) is 42.2 Å². The zero-order chi connectivity index (χ0) is 27.4. The molecule has 0 spiro atoms. The zero-order valence-electron chi connectivity index (χ0n) is 22.2. The van der Waals surface area contributed by atoms with Crippen LogP contribution in [0.25, 0.3) is 0 Å². The van der Waals surface area contributed by atoms with E-state index in [1.807, 2.05) is 32.6 Å². The van der Waals surface area contributed by atoms with Gasteiger partial charge in [0.05, 0.1) is 12.1 Å². The molecule has 38 heavy (non-hydrogen) atoms. The van der Waals surface area contributed by atoms with Gasteiger partial charge in [0.25, 0.3) is 5.91 Å². The number of ether oxygens (including phenoxy) is 2. The number of hydrogen-bond acceptors (Lipinski definition) is 8. The summed E-state index contributed by atoms with van der Waals surface area (Å²) >= 11 is 0. The third-order valence-corrected chi connectivity index (χ3v) is 6.13. The lowest BCUT2D eigenvalue weighted by Crippen LogP contribution is -2.37. The molecule has 4 rings (SSSR count). The predicted molar refractivity (Wildman–Crippen MR) is 141 cm³/mol. The lowest BCUT2D eigenvalue weighted by Gasteiger charge is -2.31. The molecule has 0 unspecified atom stereocenters. The fourth-order valence-corrected chi connectivity index (χ4v) is 4.36. The number of pyridine rings is 2. The van der Waals surface area contributed by atoms with Crippen LogP contribution in [0, 0.1) is 5.41 Å². The van der Waals surface area contributed by atoms with Gasteiger partial charge in [0.15, 0.2) is 11.6 Å². The number of fused-ring (bicyclic) bond motifs is 1. The van der Waals surface area contributed by atoms with Crippen molar-refractivity contribution in [3.8, 4) is 5.75 Å². The van der Waals surface area contributed by atoms with Gasteiger partial charge in [-0.2, -0.15) is 0 Å². The summed E-state index contributed by atoms with van der Waals surface area (Å²) in [6.45, 7) is 9.67. The molecule has 2 amide bonds. The summed E-state index contributed by atoms with van der Waals surface area (Å²) in [6.07, 6.45) is 5.84. The van der Waals surface area contributed by atoms with E-state index in [9.17, 15) is 14.4 Å². The normalized spacial score (nSPS) is 15.3. The SMILES string of the molecule is CCNC(=O)n1ccc(N2CCOc3cc(C(=O)N4CCC(=CC(=O)OC(C)(C)C)CC4)cnc32)cc1=N. The van der Waals surface area contributed by atoms with E-state index in [-0.39, 0.29) is 23.4 Å². The third kappa shape index (κ3) is 6.21. The minimum Gasteiger partial charge on any atom is -0.488 e. The number of anilines is 2. The first-order chi connectivity index (χ1) is 18.1. The van der Waals surface area contributed by atoms with Crippen molar-refractivity contribution in [1.29, 1.82) is 5.41 Å². The Morgan fingerprint density at radius 1 is 1.18 bits per heavy atom. The van der Waals surface area contributed by atoms with E-state index in [0.717, 1.165) is 5.57 Å². The highest BCUT2D eigenvalue weighted by Crippen LogP contribution is 2.35. The number of aromatic nitrogens is 2. The first kappa shape index (κ1) is 26.9. The molecule has 1 saturated heterocycles. The molecule has 202 valence electrons. The number of amides is 2. The van der Waals surface area contributed by atoms with Crippen LogP contribution in [-0.4, -0.2) is 70.7 Å². The van der Waals surface area contributed by atoms with Gasteiger partial charge in [0.1, 0.15) is 17.7 Å². The monoisotopic (exact) mass is 522 g/mol. The summed E-state index contributed by atoms with van der Waals surface area (Å²) in [7, 11) is 0. The maximum Gasteiger partial charge on any atom is 0.331 e. The van der Waals surface area contributed by atoms with E-state index in [1.165, 1.54) is 10.8 Å². The van der Waals surface area contributed by atoms with E-state index in [1.54, 1.807) is 35.4 Å². The van der Waals surface area contributed by atoms with E-state index >= 15 is 0 Å². The molecule has 0 saturated carbocycles. The maximum atomic E-state index is 13.2. The van der Waals surface area contributed by atoms with Crippen LogP contribution in [0.1, 0.15) is 50.9 Å². The highest BCUT2D eigenvalue weighted by atomic mass is 16.6. The molecule has 0 aromatic carbocycles. The summed E-state index contributed by atoms with van der Waals surface area (Å²) in [5.74, 6) is 0.525. The Kier molecular flexibility index (Phi) is 7.84. The average molecular weight is 523 g/mol. The number of hydrogen-bond donors (Lipinski definition) is 2. The van der Waals surface area contributed by atoms with Crippen molar-refractivity contribution in [1.82, 2.24) is 19.8 Å². The third-order valence-electron chi connectivity index (χ3n) is 6.13. The number of nitrogens with zero attached hydrogens (tertiary/aromatic N) is 4. The quantitative estimate of drug-likeness (QED) is 0.466. The minimum atomic E-state index is -0.543. The second-order valence-corrected chi connectivity index (χ2v) is 10.1. The molecule has 0 aliphatic carbocycles. The smallest absolute Gasteiger partial charge is 0.331 e. The minimum absolute atomic E-state index is 0.0403. The molecule has 11 nitrogen and oxygen atoms in total. The number of nitrogens with one attached hydrogen (secondary N) is 2. The Balaban J connectivity index is 1.45. The van der Waals surface area contributed by atoms with Crippen LogP contribution in [0.3, 0.4) is 0 Å². The molecule has 2 aliphatic heterocycles. The van der Waals surface area contributed by atoms with Crippen LogP contribution in [0.4, 0.5) is 16.3 Å². The molecule has 1 fully saturated rings. The van der Waals surface area contributed by atoms with Gasteiger partial charge < -0.3 is 24.6 Å². The molecular weight excluding hydrogens is 488 g/mol. The van der Waals surface area contributed by atoms with Crippen LogP contribution in [-0.2, 0) is 9.53 Å². The summed E-state index contributed by atoms with van der Waals surface area (Å²) in [5, 5.41) is 10.9. The first-order valence-electron chi connectivity index (χ1n) is 12.7. The summed E-state index contributed by atoms with van der Waals surface area (Å²) in [6, 6.07) is 4.68. The van der Waals surface area contributed by atoms with Gasteiger partial charge >= 0.3 is 12.0 Å². The fourth-order valence-electron chi connectivity index (χ4n) is 4.36. The maximum absolute atomic E-state index is 13.2. The Labute approximate surface area is 221 Å². The van der Waals surface area contributed by atoms with Crippen molar-refractivity contribution in [3.05, 3.63) is 53.3 Å². The molecule has 2 N–H and O–H groups in total. The highest BCUT2D eigenvalue weighted by Gasteiger charge is 2.26. The van der Waals surface area contributed by atoms with Gasteiger partial charge in [-0.3, -0.25) is 14.8 Å². The van der Waals surface area contributed by atoms with Crippen LogP contribution in [0.5, 0.6) is 5.75 Å². The van der Waals surface area contributed by atoms with Gasteiger partial charge in [-0.05, 0) is 52.7 Å². The van der Waals surface area contributed by atoms with Crippen molar-refractivity contribution in [2.45, 2.75) is 46.1 Å². The Bertz CT molecular complexity index is 1320. The van der Waals surface area contributed by atoms with Crippen molar-refractivity contribution in [3.63, 3.8) is 0 Å². The summed E-state index contributed by atoms with van der Waals surface area (Å²) < 4.78 is 12.4. The zero-order valence-corrected chi connectivity index (χ0v) is 22.2. The highest BCUT2D eigenvalue weighted by molar-refractivity contribution is 5.95. The lowest BCUT2D eigenvalue weighted by molar-refractivity contribution is -0.148. The molecule has 2 aliphatic rings. The average Bonchev–Trinajstić information content (AvgIpc) is 2.87. The summed E-state index contributed by atoms with van der Waals surface area (Å²) in [4.78, 5) is 45.6. The number of rotatable bonds is 4. The Morgan fingerprint density at radius 2 is 1.92 bits per heavy atom. The van der Waals surface area contributed by atoms with Gasteiger partial charge in [-0.25, -0.2) is 14.6 Å². The predicted octanol–water partition coefficient (Wildman–Crippen LogP) is 2.97. The van der Waals surface area contributed by atoms with Crippen LogP contribution >= 0.6 is 0 Å². The number of piperidine rings is 1. The van der Waals surface area contributed by atoms with E-state index in [2.05, 4.69) is 10.3 Å². The van der Waals surface area contributed by atoms with Crippen molar-refractivity contribution in [2.24, 2.45) is 0 Å². The second-order valence-electron chi connectivity index (χ2n) is 10.1. The van der Waals surface area contributed by atoms with Crippen LogP contribution in [0.2, 0.25) is 0 Å². The molecule has 0 radical (unpaired) electrons. The second kappa shape index (κ2) is 11.1. The summed E-state index contributed by atoms with van der Waals surface area (Å²) in [5.41, 5.74) is 1.59. The van der Waals surface area contributed by atoms with Crippen LogP contribution < -0.4 is 20.4 Å². The standard InChI is InChI=1S/C27H34N6O5/c1-5-29-26(36)33-11-8-20(16-22(33)28)32-12-13-37-21-15-19(17-30-24(21)32)25(35)31-9-6-18(7-10-31)14-23(34)38-27(2,3)4/h8,11,14-17,28H,5-7,9-10,12-13H2,1-4H3,(H,29,36). The number of likely N-dealkylation sites (tertiary alicyclic amines) is 1. The first-order valence-corrected chi connectivity index (χ1v) is 12.7. The van der Waals surface area contributed by atoms with E-state index in [4.69, 9.17) is 14.9 Å². The Hall–Kier alpha value is -4.15. The molecule has 2 aromatic heterocycles. The topological polar surface area (TPSA) is 130 Å². The Morgan fingerprint density at radius 3 is 2.58 bits per heavy atom. The van der Waals surface area contributed by atoms with Crippen molar-refractivity contribution in [2.75, 3.05) is 37.7 Å². The van der Waals surface area contributed by atoms with Gasteiger partial charge in [-0.1, -0.05) is 5.57 Å². The van der Waals surface area contributed by atoms with Gasteiger partial charge in [0.2, 0.25) is 0 Å². The lowest BCUT2D eigenvalue weighted by atomic mass is 10.0. The molecule has 0 atom stereocenters. The number of esters is 1.